The molecule has 0 unspecified atom stereocenters. The minimum Gasteiger partial charge on any atom is -0.339 e. The molecule has 1 heterocycles. The lowest BCUT2D eigenvalue weighted by Crippen LogP contribution is -2.07. The van der Waals surface area contributed by atoms with Crippen molar-refractivity contribution in [2.75, 3.05) is 5.32 Å². The molecular formula is C11H11N3O. The van der Waals surface area contributed by atoms with Crippen LogP contribution in [0.25, 0.3) is 0 Å². The van der Waals surface area contributed by atoms with Crippen LogP contribution in [-0.4, -0.2) is 10.2 Å². The molecule has 0 bridgehead atoms. The molecule has 4 heteroatoms. The fourth-order valence-corrected chi connectivity index (χ4v) is 1.20. The Kier molecular flexibility index (Phi) is 2.49. The third-order valence-corrected chi connectivity index (χ3v) is 2.00. The van der Waals surface area contributed by atoms with Gasteiger partial charge < -0.3 is 5.32 Å². The number of aromatic amines is 1. The van der Waals surface area contributed by atoms with Gasteiger partial charge in [-0.25, -0.2) is 5.10 Å². The largest absolute Gasteiger partial charge is 0.339 e. The first-order chi connectivity index (χ1) is 7.24. The first-order valence-electron chi connectivity index (χ1n) is 4.63. The Balaban J connectivity index is 2.18. The fraction of sp³-hybridized carbons (Fsp3) is 0.0909. The van der Waals surface area contributed by atoms with Crippen molar-refractivity contribution in [3.8, 4) is 0 Å². The zero-order chi connectivity index (χ0) is 10.7. The summed E-state index contributed by atoms with van der Waals surface area (Å²) in [6.45, 7) is 2.03. The molecule has 2 N–H and O–H groups in total. The molecule has 1 aromatic heterocycles. The van der Waals surface area contributed by atoms with Gasteiger partial charge >= 0.3 is 0 Å². The van der Waals surface area contributed by atoms with E-state index in [9.17, 15) is 4.79 Å². The number of H-pyrrole nitrogens is 1. The van der Waals surface area contributed by atoms with E-state index in [-0.39, 0.29) is 5.56 Å². The SMILES string of the molecule is Cc1ccc(Nc2ccc(=O)[nH]n2)cc1. The topological polar surface area (TPSA) is 57.8 Å². The second kappa shape index (κ2) is 3.96. The summed E-state index contributed by atoms with van der Waals surface area (Å²) >= 11 is 0. The summed E-state index contributed by atoms with van der Waals surface area (Å²) in [6, 6.07) is 11.0. The molecular weight excluding hydrogens is 190 g/mol. The number of hydrogen-bond donors (Lipinski definition) is 2. The maximum Gasteiger partial charge on any atom is 0.264 e. The molecule has 4 nitrogen and oxygen atoms in total. The summed E-state index contributed by atoms with van der Waals surface area (Å²) in [5, 5.41) is 9.29. The van der Waals surface area contributed by atoms with Crippen molar-refractivity contribution in [2.45, 2.75) is 6.92 Å². The van der Waals surface area contributed by atoms with Crippen LogP contribution < -0.4 is 10.9 Å². The minimum atomic E-state index is -0.204. The average molecular weight is 201 g/mol. The molecule has 0 saturated heterocycles. The van der Waals surface area contributed by atoms with Gasteiger partial charge in [-0.05, 0) is 25.1 Å². The number of nitrogens with one attached hydrogen (secondary N) is 2. The molecule has 2 rings (SSSR count). The monoisotopic (exact) mass is 201 g/mol. The maximum atomic E-state index is 10.8. The van der Waals surface area contributed by atoms with Crippen LogP contribution in [-0.2, 0) is 0 Å². The Morgan fingerprint density at radius 2 is 1.87 bits per heavy atom. The smallest absolute Gasteiger partial charge is 0.264 e. The zero-order valence-electron chi connectivity index (χ0n) is 8.32. The predicted octanol–water partition coefficient (Wildman–Crippen LogP) is 1.82. The van der Waals surface area contributed by atoms with Gasteiger partial charge in [0.1, 0.15) is 0 Å². The van der Waals surface area contributed by atoms with Crippen LogP contribution in [0.5, 0.6) is 0 Å². The highest BCUT2D eigenvalue weighted by Gasteiger charge is 1.94. The lowest BCUT2D eigenvalue weighted by molar-refractivity contribution is 0.994. The van der Waals surface area contributed by atoms with E-state index in [2.05, 4.69) is 15.5 Å². The molecule has 0 aliphatic rings. The van der Waals surface area contributed by atoms with Crippen molar-refractivity contribution in [3.63, 3.8) is 0 Å². The van der Waals surface area contributed by atoms with Crippen molar-refractivity contribution in [1.82, 2.24) is 10.2 Å². The maximum absolute atomic E-state index is 10.8. The molecule has 0 atom stereocenters. The lowest BCUT2D eigenvalue weighted by atomic mass is 10.2. The van der Waals surface area contributed by atoms with Gasteiger partial charge in [-0.2, -0.15) is 5.10 Å². The van der Waals surface area contributed by atoms with Crippen molar-refractivity contribution in [1.29, 1.82) is 0 Å². The number of nitrogens with zero attached hydrogens (tertiary/aromatic N) is 1. The summed E-state index contributed by atoms with van der Waals surface area (Å²) in [6.07, 6.45) is 0. The van der Waals surface area contributed by atoms with Crippen LogP contribution >= 0.6 is 0 Å². The second-order valence-electron chi connectivity index (χ2n) is 3.30. The Labute approximate surface area is 87.0 Å². The van der Waals surface area contributed by atoms with Crippen LogP contribution in [0.1, 0.15) is 5.56 Å². The molecule has 2 aromatic rings. The van der Waals surface area contributed by atoms with Crippen LogP contribution in [0.15, 0.2) is 41.2 Å². The van der Waals surface area contributed by atoms with E-state index < -0.39 is 0 Å². The predicted molar refractivity (Wildman–Crippen MR) is 59.3 cm³/mol. The Morgan fingerprint density at radius 1 is 1.13 bits per heavy atom. The van der Waals surface area contributed by atoms with Crippen molar-refractivity contribution >= 4 is 11.5 Å². The van der Waals surface area contributed by atoms with Gasteiger partial charge in [0, 0.05) is 11.8 Å². The summed E-state index contributed by atoms with van der Waals surface area (Å²) in [5.74, 6) is 0.624. The van der Waals surface area contributed by atoms with Crippen molar-refractivity contribution in [3.05, 3.63) is 52.3 Å². The molecule has 0 saturated carbocycles. The molecule has 15 heavy (non-hydrogen) atoms. The van der Waals surface area contributed by atoms with E-state index in [4.69, 9.17) is 0 Å². The van der Waals surface area contributed by atoms with Crippen LogP contribution in [0, 0.1) is 6.92 Å². The summed E-state index contributed by atoms with van der Waals surface area (Å²) < 4.78 is 0. The highest BCUT2D eigenvalue weighted by molar-refractivity contribution is 5.55. The molecule has 0 aliphatic carbocycles. The third kappa shape index (κ3) is 2.43. The highest BCUT2D eigenvalue weighted by atomic mass is 16.1. The third-order valence-electron chi connectivity index (χ3n) is 2.00. The highest BCUT2D eigenvalue weighted by Crippen LogP contribution is 2.13. The van der Waals surface area contributed by atoms with Gasteiger partial charge in [0.15, 0.2) is 5.82 Å². The van der Waals surface area contributed by atoms with Crippen LogP contribution in [0.4, 0.5) is 11.5 Å². The van der Waals surface area contributed by atoms with Crippen LogP contribution in [0.3, 0.4) is 0 Å². The number of aromatic nitrogens is 2. The number of rotatable bonds is 2. The standard InChI is InChI=1S/C11H11N3O/c1-8-2-4-9(5-3-8)12-10-6-7-11(15)14-13-10/h2-7H,1H3,(H,12,13)(H,14,15). The molecule has 0 spiro atoms. The van der Waals surface area contributed by atoms with E-state index in [1.54, 1.807) is 6.07 Å². The van der Waals surface area contributed by atoms with Gasteiger partial charge in [0.2, 0.25) is 0 Å². The normalized spacial score (nSPS) is 9.93. The molecule has 0 radical (unpaired) electrons. The molecule has 0 aliphatic heterocycles. The minimum absolute atomic E-state index is 0.204. The first kappa shape index (κ1) is 9.45. The van der Waals surface area contributed by atoms with E-state index in [0.717, 1.165) is 5.69 Å². The van der Waals surface area contributed by atoms with Gasteiger partial charge in [0.25, 0.3) is 5.56 Å². The Morgan fingerprint density at radius 3 is 2.47 bits per heavy atom. The number of aryl methyl sites for hydroxylation is 1. The second-order valence-corrected chi connectivity index (χ2v) is 3.30. The Hall–Kier alpha value is -2.10. The van der Waals surface area contributed by atoms with Gasteiger partial charge in [-0.1, -0.05) is 17.7 Å². The van der Waals surface area contributed by atoms with Crippen LogP contribution in [0.2, 0.25) is 0 Å². The molecule has 1 aromatic carbocycles. The van der Waals surface area contributed by atoms with Crippen molar-refractivity contribution in [2.24, 2.45) is 0 Å². The van der Waals surface area contributed by atoms with Gasteiger partial charge in [0.05, 0.1) is 0 Å². The summed E-state index contributed by atoms with van der Waals surface area (Å²) in [5.41, 5.74) is 1.94. The van der Waals surface area contributed by atoms with E-state index in [0.29, 0.717) is 5.82 Å². The lowest BCUT2D eigenvalue weighted by Gasteiger charge is -2.04. The van der Waals surface area contributed by atoms with Gasteiger partial charge in [-0.15, -0.1) is 0 Å². The average Bonchev–Trinajstić information content (AvgIpc) is 2.25. The van der Waals surface area contributed by atoms with E-state index >= 15 is 0 Å². The van der Waals surface area contributed by atoms with Crippen molar-refractivity contribution < 1.29 is 0 Å². The van der Waals surface area contributed by atoms with E-state index in [1.165, 1.54) is 11.6 Å². The molecule has 0 fully saturated rings. The number of benzene rings is 1. The number of hydrogen-bond acceptors (Lipinski definition) is 3. The van der Waals surface area contributed by atoms with E-state index in [1.807, 2.05) is 31.2 Å². The fourth-order valence-electron chi connectivity index (χ4n) is 1.20. The van der Waals surface area contributed by atoms with Gasteiger partial charge in [-0.3, -0.25) is 4.79 Å². The summed E-state index contributed by atoms with van der Waals surface area (Å²) in [4.78, 5) is 10.8. The zero-order valence-corrected chi connectivity index (χ0v) is 8.32. The Bertz CT molecular complexity index is 481. The first-order valence-corrected chi connectivity index (χ1v) is 4.63. The quantitative estimate of drug-likeness (QED) is 0.779. The number of anilines is 2. The summed E-state index contributed by atoms with van der Waals surface area (Å²) in [7, 11) is 0. The molecule has 76 valence electrons. The molecule has 0 amide bonds.